The Morgan fingerprint density at radius 3 is 1.80 bits per heavy atom. The number of nitrogens with two attached hydrogens (primary N) is 1. The zero-order valence-corrected chi connectivity index (χ0v) is 25.1. The Morgan fingerprint density at radius 1 is 0.825 bits per heavy atom. The lowest BCUT2D eigenvalue weighted by Gasteiger charge is -2.30. The highest BCUT2D eigenvalue weighted by Crippen LogP contribution is 2.12. The molecule has 0 spiro atoms. The van der Waals surface area contributed by atoms with E-state index in [0.29, 0.717) is 57.9 Å². The van der Waals surface area contributed by atoms with Gasteiger partial charge in [-0.3, -0.25) is 29.1 Å². The Hall–Kier alpha value is -2.73. The number of carbonyl (C=O) groups is 3. The molecule has 1 saturated heterocycles. The van der Waals surface area contributed by atoms with Crippen LogP contribution < -0.4 is 11.1 Å². The van der Waals surface area contributed by atoms with Crippen molar-refractivity contribution in [3.05, 3.63) is 29.8 Å². The molecule has 0 aromatic heterocycles. The number of benzene rings is 1. The fourth-order valence-corrected chi connectivity index (χ4v) is 4.49. The second-order valence-corrected chi connectivity index (χ2v) is 12.4. The van der Waals surface area contributed by atoms with E-state index in [4.69, 9.17) is 15.2 Å². The van der Waals surface area contributed by atoms with Crippen LogP contribution in [0.3, 0.4) is 0 Å². The average Bonchev–Trinajstić information content (AvgIpc) is 2.88. The number of hydrogen-bond donors (Lipinski definition) is 3. The fourth-order valence-electron chi connectivity index (χ4n) is 4.49. The number of carboxylic acid groups (broad SMARTS) is 1. The van der Waals surface area contributed by atoms with E-state index < -0.39 is 17.2 Å². The summed E-state index contributed by atoms with van der Waals surface area (Å²) >= 11 is 0. The summed E-state index contributed by atoms with van der Waals surface area (Å²) in [5, 5.41) is 12.8. The fraction of sp³-hybridized carbons (Fsp3) is 0.690. The van der Waals surface area contributed by atoms with Crippen LogP contribution in [-0.4, -0.2) is 120 Å². The van der Waals surface area contributed by atoms with Gasteiger partial charge in [0, 0.05) is 57.5 Å². The normalized spacial score (nSPS) is 17.4. The number of carbonyl (C=O) groups excluding carboxylic acids is 2. The number of hydrogen-bond acceptors (Lipinski definition) is 10. The Kier molecular flexibility index (Phi) is 12.8. The second kappa shape index (κ2) is 15.3. The molecule has 1 atom stereocenters. The maximum absolute atomic E-state index is 12.6. The van der Waals surface area contributed by atoms with Crippen molar-refractivity contribution in [3.63, 3.8) is 0 Å². The first-order chi connectivity index (χ1) is 18.6. The molecule has 2 rings (SSSR count). The lowest BCUT2D eigenvalue weighted by Crippen LogP contribution is -2.48. The van der Waals surface area contributed by atoms with Crippen LogP contribution in [0.1, 0.15) is 47.1 Å². The van der Waals surface area contributed by atoms with Crippen LogP contribution in [-0.2, 0) is 30.3 Å². The molecule has 11 heteroatoms. The predicted molar refractivity (Wildman–Crippen MR) is 155 cm³/mol. The Labute approximate surface area is 238 Å². The Morgan fingerprint density at radius 2 is 1.30 bits per heavy atom. The van der Waals surface area contributed by atoms with Gasteiger partial charge < -0.3 is 25.6 Å². The Balaban J connectivity index is 2.16. The van der Waals surface area contributed by atoms with Crippen molar-refractivity contribution in [2.45, 2.75) is 65.2 Å². The number of anilines is 1. The lowest BCUT2D eigenvalue weighted by molar-refractivity contribution is -0.156. The van der Waals surface area contributed by atoms with Crippen LogP contribution in [0.4, 0.5) is 5.69 Å². The van der Waals surface area contributed by atoms with Gasteiger partial charge in [-0.15, -0.1) is 0 Å². The largest absolute Gasteiger partial charge is 0.480 e. The van der Waals surface area contributed by atoms with Gasteiger partial charge in [0.1, 0.15) is 11.2 Å². The quantitative estimate of drug-likeness (QED) is 0.266. The van der Waals surface area contributed by atoms with E-state index >= 15 is 0 Å². The molecule has 0 amide bonds. The first kappa shape index (κ1) is 33.5. The molecule has 0 bridgehead atoms. The van der Waals surface area contributed by atoms with Gasteiger partial charge >= 0.3 is 17.9 Å². The third-order valence-corrected chi connectivity index (χ3v) is 6.22. The van der Waals surface area contributed by atoms with Gasteiger partial charge in [0.05, 0.1) is 19.6 Å². The summed E-state index contributed by atoms with van der Waals surface area (Å²) in [4.78, 5) is 42.7. The number of ether oxygens (including phenoxy) is 2. The van der Waals surface area contributed by atoms with E-state index in [1.807, 2.05) is 75.6 Å². The minimum atomic E-state index is -0.884. The van der Waals surface area contributed by atoms with Crippen molar-refractivity contribution in [3.8, 4) is 0 Å². The highest BCUT2D eigenvalue weighted by atomic mass is 16.6. The van der Waals surface area contributed by atoms with Gasteiger partial charge in [-0.25, -0.2) is 0 Å². The van der Waals surface area contributed by atoms with E-state index in [0.717, 1.165) is 5.56 Å². The summed E-state index contributed by atoms with van der Waals surface area (Å²) in [6.07, 6.45) is 0.667. The number of nitrogens with zero attached hydrogens (tertiary/aromatic N) is 3. The van der Waals surface area contributed by atoms with Crippen molar-refractivity contribution in [1.82, 2.24) is 20.0 Å². The molecule has 1 aromatic carbocycles. The maximum atomic E-state index is 12.6. The third-order valence-electron chi connectivity index (χ3n) is 6.22. The molecule has 1 aliphatic rings. The molecule has 40 heavy (non-hydrogen) atoms. The average molecular weight is 564 g/mol. The number of aliphatic carboxylic acids is 1. The smallest absolute Gasteiger partial charge is 0.320 e. The van der Waals surface area contributed by atoms with E-state index in [9.17, 15) is 19.5 Å². The number of carboxylic acids is 1. The van der Waals surface area contributed by atoms with Crippen LogP contribution in [0.15, 0.2) is 24.3 Å². The van der Waals surface area contributed by atoms with Gasteiger partial charge in [0.2, 0.25) is 0 Å². The molecule has 1 heterocycles. The van der Waals surface area contributed by atoms with Crippen molar-refractivity contribution in [2.75, 3.05) is 71.2 Å². The standard InChI is InChI=1S/C29H49N5O6/c1-28(2,3)39-26(37)18-31-24(17-22-7-9-23(30)10-8-22)19-32-11-13-33(20-25(35)36)14-16-34(15-12-32)21-27(38)40-29(4,5)6/h7-10,24,31H,11-21,30H2,1-6H3,(H,35,36). The van der Waals surface area contributed by atoms with Crippen LogP contribution in [0.25, 0.3) is 0 Å². The first-order valence-corrected chi connectivity index (χ1v) is 14.0. The number of esters is 2. The molecule has 1 fully saturated rings. The van der Waals surface area contributed by atoms with Crippen molar-refractivity contribution >= 4 is 23.6 Å². The predicted octanol–water partition coefficient (Wildman–Crippen LogP) is 1.46. The molecule has 226 valence electrons. The van der Waals surface area contributed by atoms with Gasteiger partial charge in [-0.2, -0.15) is 0 Å². The zero-order valence-electron chi connectivity index (χ0n) is 25.1. The minimum absolute atomic E-state index is 0.0696. The van der Waals surface area contributed by atoms with Crippen LogP contribution >= 0.6 is 0 Å². The zero-order chi connectivity index (χ0) is 29.9. The Bertz CT molecular complexity index is 957. The van der Waals surface area contributed by atoms with Crippen LogP contribution in [0.5, 0.6) is 0 Å². The monoisotopic (exact) mass is 563 g/mol. The van der Waals surface area contributed by atoms with E-state index in [-0.39, 0.29) is 37.6 Å². The third kappa shape index (κ3) is 14.6. The number of nitrogens with one attached hydrogen (secondary N) is 1. The second-order valence-electron chi connectivity index (χ2n) is 12.4. The summed E-state index contributed by atoms with van der Waals surface area (Å²) in [5.41, 5.74) is 6.49. The highest BCUT2D eigenvalue weighted by molar-refractivity contribution is 5.72. The maximum Gasteiger partial charge on any atom is 0.320 e. The molecule has 4 N–H and O–H groups in total. The molecule has 1 aliphatic heterocycles. The van der Waals surface area contributed by atoms with E-state index in [1.54, 1.807) is 0 Å². The van der Waals surface area contributed by atoms with Crippen LogP contribution in [0, 0.1) is 0 Å². The molecule has 1 aromatic rings. The van der Waals surface area contributed by atoms with E-state index in [2.05, 4.69) is 10.2 Å². The molecule has 0 aliphatic carbocycles. The van der Waals surface area contributed by atoms with Crippen LogP contribution in [0.2, 0.25) is 0 Å². The highest BCUT2D eigenvalue weighted by Gasteiger charge is 2.24. The van der Waals surface area contributed by atoms with Gasteiger partial charge in [-0.1, -0.05) is 12.1 Å². The molecular weight excluding hydrogens is 514 g/mol. The summed E-state index contributed by atoms with van der Waals surface area (Å²) < 4.78 is 11.0. The molecule has 1 unspecified atom stereocenters. The summed E-state index contributed by atoms with van der Waals surface area (Å²) in [6.45, 7) is 15.4. The first-order valence-electron chi connectivity index (χ1n) is 14.0. The topological polar surface area (TPSA) is 138 Å². The van der Waals surface area contributed by atoms with E-state index in [1.165, 1.54) is 0 Å². The summed E-state index contributed by atoms with van der Waals surface area (Å²) in [6, 6.07) is 7.60. The van der Waals surface area contributed by atoms with Crippen molar-refractivity contribution in [2.24, 2.45) is 0 Å². The van der Waals surface area contributed by atoms with Gasteiger partial charge in [-0.05, 0) is 65.7 Å². The van der Waals surface area contributed by atoms with Crippen molar-refractivity contribution < 1.29 is 29.0 Å². The van der Waals surface area contributed by atoms with Gasteiger partial charge in [0.25, 0.3) is 0 Å². The number of nitrogen functional groups attached to an aromatic ring is 1. The summed E-state index contributed by atoms with van der Waals surface area (Å²) in [5.74, 6) is -1.51. The van der Waals surface area contributed by atoms with Gasteiger partial charge in [0.15, 0.2) is 0 Å². The molecule has 0 saturated carbocycles. The SMILES string of the molecule is CC(C)(C)OC(=O)CNC(Cc1ccc(N)cc1)CN1CCN(CC(=O)O)CCN(CC(=O)OC(C)(C)C)CC1. The molecule has 0 radical (unpaired) electrons. The number of rotatable bonds is 11. The molecule has 11 nitrogen and oxygen atoms in total. The summed E-state index contributed by atoms with van der Waals surface area (Å²) in [7, 11) is 0. The van der Waals surface area contributed by atoms with Crippen molar-refractivity contribution in [1.29, 1.82) is 0 Å². The lowest BCUT2D eigenvalue weighted by atomic mass is 10.0. The molecular formula is C29H49N5O6. The minimum Gasteiger partial charge on any atom is -0.480 e.